The van der Waals surface area contributed by atoms with E-state index in [1.807, 2.05) is 25.1 Å². The first-order chi connectivity index (χ1) is 8.86. The third kappa shape index (κ3) is 4.48. The Morgan fingerprint density at radius 3 is 2.37 bits per heavy atom. The van der Waals surface area contributed by atoms with Gasteiger partial charge in [0.25, 0.3) is 0 Å². The number of aliphatic hydroxyl groups excluding tert-OH is 1. The van der Waals surface area contributed by atoms with Crippen molar-refractivity contribution in [3.63, 3.8) is 0 Å². The van der Waals surface area contributed by atoms with Crippen molar-refractivity contribution >= 4 is 11.6 Å². The van der Waals surface area contributed by atoms with E-state index < -0.39 is 6.10 Å². The highest BCUT2D eigenvalue weighted by Crippen LogP contribution is 2.26. The van der Waals surface area contributed by atoms with Gasteiger partial charge in [-0.15, -0.1) is 0 Å². The van der Waals surface area contributed by atoms with Crippen molar-refractivity contribution in [2.45, 2.75) is 59.2 Å². The van der Waals surface area contributed by atoms with E-state index in [2.05, 4.69) is 33.0 Å². The second-order valence-electron chi connectivity index (χ2n) is 5.70. The largest absolute Gasteiger partial charge is 0.387 e. The summed E-state index contributed by atoms with van der Waals surface area (Å²) in [7, 11) is 0. The average Bonchev–Trinajstić information content (AvgIpc) is 2.37. The fourth-order valence-corrected chi connectivity index (χ4v) is 2.27. The summed E-state index contributed by atoms with van der Waals surface area (Å²) in [6, 6.07) is 6.19. The maximum atomic E-state index is 10.6. The van der Waals surface area contributed by atoms with Gasteiger partial charge >= 0.3 is 0 Å². The number of nitrogens with one attached hydrogen (secondary N) is 1. The molecule has 0 heterocycles. The van der Waals surface area contributed by atoms with Crippen molar-refractivity contribution in [2.75, 3.05) is 0 Å². The van der Waals surface area contributed by atoms with Crippen LogP contribution in [0.5, 0.6) is 0 Å². The van der Waals surface area contributed by atoms with Crippen LogP contribution in [0.3, 0.4) is 0 Å². The zero-order valence-corrected chi connectivity index (χ0v) is 13.3. The number of aliphatic hydroxyl groups is 1. The quantitative estimate of drug-likeness (QED) is 0.824. The summed E-state index contributed by atoms with van der Waals surface area (Å²) in [5.41, 5.74) is 1.93. The van der Waals surface area contributed by atoms with Crippen LogP contribution in [-0.2, 0) is 0 Å². The van der Waals surface area contributed by atoms with Gasteiger partial charge in [0.15, 0.2) is 0 Å². The minimum Gasteiger partial charge on any atom is -0.387 e. The predicted octanol–water partition coefficient (Wildman–Crippen LogP) is 4.09. The maximum Gasteiger partial charge on any atom is 0.0945 e. The molecule has 0 aromatic heterocycles. The molecule has 0 saturated heterocycles. The van der Waals surface area contributed by atoms with Gasteiger partial charge in [0, 0.05) is 17.1 Å². The molecule has 1 aromatic carbocycles. The van der Waals surface area contributed by atoms with E-state index in [1.165, 1.54) is 0 Å². The molecule has 3 unspecified atom stereocenters. The minimum atomic E-state index is -0.509. The second kappa shape index (κ2) is 7.28. The standard InChI is InChI=1S/C16H26ClNO/c1-6-12(5)18-15(10(2)3)16(19)13-7-8-14(17)11(4)9-13/h7-10,12,15-16,18-19H,6H2,1-5H3. The first-order valence-electron chi connectivity index (χ1n) is 7.07. The summed E-state index contributed by atoms with van der Waals surface area (Å²) in [4.78, 5) is 0. The Balaban J connectivity index is 2.92. The summed E-state index contributed by atoms with van der Waals surface area (Å²) in [6.45, 7) is 10.5. The van der Waals surface area contributed by atoms with Crippen LogP contribution in [0.25, 0.3) is 0 Å². The summed E-state index contributed by atoms with van der Waals surface area (Å²) >= 11 is 6.04. The average molecular weight is 284 g/mol. The van der Waals surface area contributed by atoms with Crippen LogP contribution in [0.15, 0.2) is 18.2 Å². The van der Waals surface area contributed by atoms with Gasteiger partial charge in [0.05, 0.1) is 6.10 Å². The number of halogens is 1. The van der Waals surface area contributed by atoms with Gasteiger partial charge < -0.3 is 10.4 Å². The van der Waals surface area contributed by atoms with Gasteiger partial charge in [-0.1, -0.05) is 44.5 Å². The molecule has 0 spiro atoms. The van der Waals surface area contributed by atoms with E-state index in [4.69, 9.17) is 11.6 Å². The lowest BCUT2D eigenvalue weighted by molar-refractivity contribution is 0.0985. The van der Waals surface area contributed by atoms with Gasteiger partial charge in [0.1, 0.15) is 0 Å². The summed E-state index contributed by atoms with van der Waals surface area (Å²) in [6.07, 6.45) is 0.542. The fraction of sp³-hybridized carbons (Fsp3) is 0.625. The normalized spacial score (nSPS) is 16.4. The monoisotopic (exact) mass is 283 g/mol. The van der Waals surface area contributed by atoms with E-state index in [0.717, 1.165) is 22.6 Å². The number of rotatable bonds is 6. The lowest BCUT2D eigenvalue weighted by Gasteiger charge is -2.30. The molecule has 19 heavy (non-hydrogen) atoms. The zero-order valence-electron chi connectivity index (χ0n) is 12.6. The van der Waals surface area contributed by atoms with E-state index >= 15 is 0 Å². The maximum absolute atomic E-state index is 10.6. The van der Waals surface area contributed by atoms with E-state index in [0.29, 0.717) is 12.0 Å². The Labute approximate surface area is 122 Å². The molecule has 0 radical (unpaired) electrons. The van der Waals surface area contributed by atoms with Crippen LogP contribution in [0.1, 0.15) is 51.3 Å². The van der Waals surface area contributed by atoms with Crippen LogP contribution < -0.4 is 5.32 Å². The Hall–Kier alpha value is -0.570. The van der Waals surface area contributed by atoms with Gasteiger partial charge in [-0.3, -0.25) is 0 Å². The van der Waals surface area contributed by atoms with Crippen molar-refractivity contribution < 1.29 is 5.11 Å². The van der Waals surface area contributed by atoms with Gasteiger partial charge in [-0.25, -0.2) is 0 Å². The molecule has 0 aliphatic carbocycles. The SMILES string of the molecule is CCC(C)NC(C(C)C)C(O)c1ccc(Cl)c(C)c1. The topological polar surface area (TPSA) is 32.3 Å². The predicted molar refractivity (Wildman–Crippen MR) is 82.7 cm³/mol. The second-order valence-corrected chi connectivity index (χ2v) is 6.11. The van der Waals surface area contributed by atoms with Crippen LogP contribution in [0, 0.1) is 12.8 Å². The third-order valence-electron chi connectivity index (χ3n) is 3.67. The molecule has 0 aliphatic heterocycles. The molecule has 0 amide bonds. The number of hydrogen-bond donors (Lipinski definition) is 2. The molecular weight excluding hydrogens is 258 g/mol. The lowest BCUT2D eigenvalue weighted by Crippen LogP contribution is -2.43. The molecule has 1 rings (SSSR count). The highest BCUT2D eigenvalue weighted by Gasteiger charge is 2.25. The molecular formula is C16H26ClNO. The molecule has 0 aliphatic rings. The molecule has 0 bridgehead atoms. The zero-order chi connectivity index (χ0) is 14.6. The summed E-state index contributed by atoms with van der Waals surface area (Å²) in [5.74, 6) is 0.361. The van der Waals surface area contributed by atoms with Crippen molar-refractivity contribution in [1.29, 1.82) is 0 Å². The van der Waals surface area contributed by atoms with Crippen LogP contribution >= 0.6 is 11.6 Å². The van der Waals surface area contributed by atoms with Crippen molar-refractivity contribution in [2.24, 2.45) is 5.92 Å². The molecule has 0 saturated carbocycles. The number of hydrogen-bond acceptors (Lipinski definition) is 2. The van der Waals surface area contributed by atoms with E-state index in [1.54, 1.807) is 0 Å². The molecule has 2 N–H and O–H groups in total. The van der Waals surface area contributed by atoms with Crippen LogP contribution in [-0.4, -0.2) is 17.2 Å². The van der Waals surface area contributed by atoms with E-state index in [9.17, 15) is 5.11 Å². The molecule has 3 atom stereocenters. The van der Waals surface area contributed by atoms with E-state index in [-0.39, 0.29) is 6.04 Å². The Bertz CT molecular complexity index is 406. The summed E-state index contributed by atoms with van der Waals surface area (Å²) in [5, 5.41) is 14.9. The Kier molecular flexibility index (Phi) is 6.31. The van der Waals surface area contributed by atoms with Gasteiger partial charge in [-0.2, -0.15) is 0 Å². The first kappa shape index (κ1) is 16.5. The summed E-state index contributed by atoms with van der Waals surface area (Å²) < 4.78 is 0. The molecule has 108 valence electrons. The van der Waals surface area contributed by atoms with Gasteiger partial charge in [0.2, 0.25) is 0 Å². The van der Waals surface area contributed by atoms with Gasteiger partial charge in [-0.05, 0) is 43.4 Å². The minimum absolute atomic E-state index is 0.0514. The van der Waals surface area contributed by atoms with Crippen LogP contribution in [0.2, 0.25) is 5.02 Å². The highest BCUT2D eigenvalue weighted by atomic mass is 35.5. The Morgan fingerprint density at radius 2 is 1.89 bits per heavy atom. The smallest absolute Gasteiger partial charge is 0.0945 e. The molecule has 0 fully saturated rings. The van der Waals surface area contributed by atoms with Crippen molar-refractivity contribution in [3.8, 4) is 0 Å². The third-order valence-corrected chi connectivity index (χ3v) is 4.10. The number of aryl methyl sites for hydroxylation is 1. The number of benzene rings is 1. The first-order valence-corrected chi connectivity index (χ1v) is 7.44. The van der Waals surface area contributed by atoms with Crippen molar-refractivity contribution in [3.05, 3.63) is 34.3 Å². The lowest BCUT2D eigenvalue weighted by atomic mass is 9.92. The van der Waals surface area contributed by atoms with Crippen LogP contribution in [0.4, 0.5) is 0 Å². The Morgan fingerprint density at radius 1 is 1.26 bits per heavy atom. The van der Waals surface area contributed by atoms with Crippen molar-refractivity contribution in [1.82, 2.24) is 5.32 Å². The fourth-order valence-electron chi connectivity index (χ4n) is 2.15. The molecule has 1 aromatic rings. The highest BCUT2D eigenvalue weighted by molar-refractivity contribution is 6.31. The molecule has 3 heteroatoms. The molecule has 2 nitrogen and oxygen atoms in total.